The van der Waals surface area contributed by atoms with Crippen LogP contribution in [0.25, 0.3) is 0 Å². The van der Waals surface area contributed by atoms with Gasteiger partial charge in [-0.1, -0.05) is 25.0 Å². The zero-order valence-electron chi connectivity index (χ0n) is 11.2. The van der Waals surface area contributed by atoms with E-state index in [1.54, 1.807) is 7.11 Å². The van der Waals surface area contributed by atoms with Crippen LogP contribution < -0.4 is 5.32 Å². The van der Waals surface area contributed by atoms with E-state index in [1.165, 1.54) is 25.0 Å². The van der Waals surface area contributed by atoms with Gasteiger partial charge in [0.25, 0.3) is 0 Å². The number of nitrogens with one attached hydrogen (secondary N) is 1. The Morgan fingerprint density at radius 2 is 2.18 bits per heavy atom. The quantitative estimate of drug-likeness (QED) is 0.662. The van der Waals surface area contributed by atoms with Crippen molar-refractivity contribution in [3.8, 4) is 0 Å². The Balaban J connectivity index is 2.65. The Labute approximate surface area is 104 Å². The van der Waals surface area contributed by atoms with Crippen molar-refractivity contribution in [3.05, 3.63) is 11.4 Å². The van der Waals surface area contributed by atoms with Crippen molar-refractivity contribution in [1.29, 1.82) is 0 Å². The first-order chi connectivity index (χ1) is 8.33. The van der Waals surface area contributed by atoms with Gasteiger partial charge in [-0.25, -0.2) is 4.68 Å². The fraction of sp³-hybridized carbons (Fsp3) is 0.833. The molecule has 0 amide bonds. The first kappa shape index (κ1) is 14.1. The number of aromatic nitrogens is 3. The average molecular weight is 240 g/mol. The van der Waals surface area contributed by atoms with Crippen LogP contribution >= 0.6 is 0 Å². The van der Waals surface area contributed by atoms with E-state index in [0.29, 0.717) is 0 Å². The maximum atomic E-state index is 5.14. The monoisotopic (exact) mass is 240 g/mol. The molecule has 0 aliphatic rings. The summed E-state index contributed by atoms with van der Waals surface area (Å²) in [4.78, 5) is 0. The van der Waals surface area contributed by atoms with Crippen molar-refractivity contribution in [3.63, 3.8) is 0 Å². The molecule has 0 aliphatic carbocycles. The van der Waals surface area contributed by atoms with E-state index >= 15 is 0 Å². The third kappa shape index (κ3) is 4.44. The number of hydrogen-bond acceptors (Lipinski definition) is 4. The molecule has 1 N–H and O–H groups in total. The first-order valence-corrected chi connectivity index (χ1v) is 6.38. The van der Waals surface area contributed by atoms with E-state index in [1.807, 2.05) is 11.7 Å². The number of unbranched alkanes of at least 4 members (excludes halogenated alkanes) is 2. The molecule has 0 fully saturated rings. The SMILES string of the molecule is CCCCCn1nnc(CNC)c1CCOC. The maximum Gasteiger partial charge on any atom is 0.0997 e. The second kappa shape index (κ2) is 8.20. The lowest BCUT2D eigenvalue weighted by atomic mass is 10.2. The molecular formula is C12H24N4O. The number of aryl methyl sites for hydroxylation is 1. The summed E-state index contributed by atoms with van der Waals surface area (Å²) in [6.07, 6.45) is 4.52. The van der Waals surface area contributed by atoms with E-state index < -0.39 is 0 Å². The van der Waals surface area contributed by atoms with E-state index in [0.717, 1.165) is 31.8 Å². The molecule has 17 heavy (non-hydrogen) atoms. The molecule has 1 heterocycles. The molecule has 0 saturated heterocycles. The van der Waals surface area contributed by atoms with Crippen LogP contribution in [0.1, 0.15) is 37.6 Å². The molecule has 0 spiro atoms. The van der Waals surface area contributed by atoms with Crippen molar-refractivity contribution < 1.29 is 4.74 Å². The molecule has 1 rings (SSSR count). The minimum atomic E-state index is 0.720. The van der Waals surface area contributed by atoms with E-state index in [4.69, 9.17) is 4.74 Å². The normalized spacial score (nSPS) is 11.0. The Hall–Kier alpha value is -0.940. The summed E-state index contributed by atoms with van der Waals surface area (Å²) in [5, 5.41) is 11.6. The lowest BCUT2D eigenvalue weighted by Crippen LogP contribution is -2.12. The van der Waals surface area contributed by atoms with Gasteiger partial charge in [0.2, 0.25) is 0 Å². The maximum absolute atomic E-state index is 5.14. The summed E-state index contributed by atoms with van der Waals surface area (Å²) in [7, 11) is 3.65. The summed E-state index contributed by atoms with van der Waals surface area (Å²) < 4.78 is 7.17. The summed E-state index contributed by atoms with van der Waals surface area (Å²) in [5.41, 5.74) is 2.25. The van der Waals surface area contributed by atoms with Gasteiger partial charge in [0, 0.05) is 26.6 Å². The number of ether oxygens (including phenoxy) is 1. The van der Waals surface area contributed by atoms with Gasteiger partial charge in [0.15, 0.2) is 0 Å². The standard InChI is InChI=1S/C12H24N4O/c1-4-5-6-8-16-12(7-9-17-3)11(10-13-2)14-15-16/h13H,4-10H2,1-3H3. The molecular weight excluding hydrogens is 216 g/mol. The van der Waals surface area contributed by atoms with Gasteiger partial charge < -0.3 is 10.1 Å². The van der Waals surface area contributed by atoms with Gasteiger partial charge in [0.1, 0.15) is 0 Å². The van der Waals surface area contributed by atoms with Crippen LogP contribution in [0.3, 0.4) is 0 Å². The third-order valence-corrected chi connectivity index (χ3v) is 2.78. The molecule has 98 valence electrons. The van der Waals surface area contributed by atoms with Gasteiger partial charge in [-0.15, -0.1) is 5.10 Å². The van der Waals surface area contributed by atoms with Gasteiger partial charge in [0.05, 0.1) is 18.0 Å². The summed E-state index contributed by atoms with van der Waals surface area (Å²) >= 11 is 0. The van der Waals surface area contributed by atoms with Crippen LogP contribution in [0.15, 0.2) is 0 Å². The molecule has 1 aromatic rings. The average Bonchev–Trinajstić information content (AvgIpc) is 2.70. The zero-order chi connectivity index (χ0) is 12.5. The van der Waals surface area contributed by atoms with Gasteiger partial charge in [-0.05, 0) is 13.5 Å². The molecule has 5 heteroatoms. The molecule has 0 saturated carbocycles. The first-order valence-electron chi connectivity index (χ1n) is 6.38. The Morgan fingerprint density at radius 1 is 1.35 bits per heavy atom. The Morgan fingerprint density at radius 3 is 2.82 bits per heavy atom. The third-order valence-electron chi connectivity index (χ3n) is 2.78. The highest BCUT2D eigenvalue weighted by Gasteiger charge is 2.11. The topological polar surface area (TPSA) is 52.0 Å². The minimum absolute atomic E-state index is 0.720. The lowest BCUT2D eigenvalue weighted by molar-refractivity contribution is 0.199. The molecule has 0 radical (unpaired) electrons. The zero-order valence-corrected chi connectivity index (χ0v) is 11.2. The van der Waals surface area contributed by atoms with Crippen LogP contribution in [0, 0.1) is 0 Å². The molecule has 0 atom stereocenters. The molecule has 1 aromatic heterocycles. The molecule has 0 bridgehead atoms. The van der Waals surface area contributed by atoms with Crippen molar-refractivity contribution in [2.45, 2.75) is 45.7 Å². The van der Waals surface area contributed by atoms with Crippen molar-refractivity contribution in [2.75, 3.05) is 20.8 Å². The van der Waals surface area contributed by atoms with Crippen LogP contribution in [-0.2, 0) is 24.2 Å². The van der Waals surface area contributed by atoms with Crippen molar-refractivity contribution >= 4 is 0 Å². The molecule has 5 nitrogen and oxygen atoms in total. The highest BCUT2D eigenvalue weighted by molar-refractivity contribution is 5.10. The second-order valence-corrected chi connectivity index (χ2v) is 4.19. The predicted octanol–water partition coefficient (Wildman–Crippen LogP) is 1.38. The van der Waals surface area contributed by atoms with E-state index in [9.17, 15) is 0 Å². The van der Waals surface area contributed by atoms with Gasteiger partial charge in [-0.3, -0.25) is 0 Å². The largest absolute Gasteiger partial charge is 0.384 e. The fourth-order valence-corrected chi connectivity index (χ4v) is 1.84. The van der Waals surface area contributed by atoms with Gasteiger partial charge >= 0.3 is 0 Å². The van der Waals surface area contributed by atoms with Crippen LogP contribution in [-0.4, -0.2) is 35.8 Å². The van der Waals surface area contributed by atoms with Gasteiger partial charge in [-0.2, -0.15) is 0 Å². The second-order valence-electron chi connectivity index (χ2n) is 4.19. The smallest absolute Gasteiger partial charge is 0.0997 e. The van der Waals surface area contributed by atoms with Crippen LogP contribution in [0.5, 0.6) is 0 Å². The molecule has 0 aromatic carbocycles. The summed E-state index contributed by atoms with van der Waals surface area (Å²) in [6, 6.07) is 0. The predicted molar refractivity (Wildman–Crippen MR) is 67.9 cm³/mol. The highest BCUT2D eigenvalue weighted by Crippen LogP contribution is 2.08. The van der Waals surface area contributed by atoms with Crippen molar-refractivity contribution in [1.82, 2.24) is 20.3 Å². The summed E-state index contributed by atoms with van der Waals surface area (Å²) in [5.74, 6) is 0. The highest BCUT2D eigenvalue weighted by atomic mass is 16.5. The van der Waals surface area contributed by atoms with E-state index in [2.05, 4.69) is 22.6 Å². The lowest BCUT2D eigenvalue weighted by Gasteiger charge is -2.07. The minimum Gasteiger partial charge on any atom is -0.384 e. The number of rotatable bonds is 9. The Bertz CT molecular complexity index is 311. The van der Waals surface area contributed by atoms with Crippen molar-refractivity contribution in [2.24, 2.45) is 0 Å². The number of methoxy groups -OCH3 is 1. The summed E-state index contributed by atoms with van der Waals surface area (Å²) in [6.45, 7) is 4.66. The molecule has 0 unspecified atom stereocenters. The number of nitrogens with zero attached hydrogens (tertiary/aromatic N) is 3. The van der Waals surface area contributed by atoms with Crippen LogP contribution in [0.4, 0.5) is 0 Å². The Kier molecular flexibility index (Phi) is 6.81. The van der Waals surface area contributed by atoms with Crippen LogP contribution in [0.2, 0.25) is 0 Å². The van der Waals surface area contributed by atoms with E-state index in [-0.39, 0.29) is 0 Å². The fourth-order valence-electron chi connectivity index (χ4n) is 1.84. The molecule has 0 aliphatic heterocycles. The number of hydrogen-bond donors (Lipinski definition) is 1.